The molecule has 0 radical (unpaired) electrons. The van der Waals surface area contributed by atoms with Crippen molar-refractivity contribution in [3.8, 4) is 11.5 Å². The van der Waals surface area contributed by atoms with E-state index >= 15 is 0 Å². The minimum Gasteiger partial charge on any atom is -0.493 e. The number of fused-ring (bicyclic) bond motifs is 1. The molecule has 138 valence electrons. The number of carbonyl (C=O) groups excluding carboxylic acids is 1. The van der Waals surface area contributed by atoms with Crippen molar-refractivity contribution in [2.24, 2.45) is 0 Å². The van der Waals surface area contributed by atoms with Crippen molar-refractivity contribution in [2.45, 2.75) is 18.4 Å². The van der Waals surface area contributed by atoms with Gasteiger partial charge in [-0.2, -0.15) is 0 Å². The minimum atomic E-state index is -1.28. The molecule has 0 fully saturated rings. The molecule has 0 saturated carbocycles. The van der Waals surface area contributed by atoms with E-state index in [9.17, 15) is 14.3 Å². The SMILES string of the molecule is COc1cc2c(cc1OC)C(O)(CNC(=O)c1c(F)cccc1Cl)CC2. The zero-order valence-electron chi connectivity index (χ0n) is 14.4. The summed E-state index contributed by atoms with van der Waals surface area (Å²) < 4.78 is 24.4. The molecule has 2 aromatic rings. The Labute approximate surface area is 155 Å². The lowest BCUT2D eigenvalue weighted by Gasteiger charge is -2.25. The van der Waals surface area contributed by atoms with E-state index in [1.807, 2.05) is 6.07 Å². The van der Waals surface area contributed by atoms with Crippen LogP contribution in [0.25, 0.3) is 0 Å². The second kappa shape index (κ2) is 7.13. The van der Waals surface area contributed by atoms with Crippen LogP contribution < -0.4 is 14.8 Å². The van der Waals surface area contributed by atoms with Gasteiger partial charge in [-0.05, 0) is 48.2 Å². The third-order valence-corrected chi connectivity index (χ3v) is 4.96. The fourth-order valence-electron chi connectivity index (χ4n) is 3.25. The highest BCUT2D eigenvalue weighted by Crippen LogP contribution is 2.42. The summed E-state index contributed by atoms with van der Waals surface area (Å²) in [4.78, 5) is 12.3. The predicted octanol–water partition coefficient (Wildman–Crippen LogP) is 3.06. The smallest absolute Gasteiger partial charge is 0.255 e. The molecular formula is C19H19ClFNO4. The van der Waals surface area contributed by atoms with Gasteiger partial charge in [0, 0.05) is 0 Å². The van der Waals surface area contributed by atoms with Gasteiger partial charge >= 0.3 is 0 Å². The number of hydrogen-bond donors (Lipinski definition) is 2. The van der Waals surface area contributed by atoms with E-state index < -0.39 is 17.3 Å². The molecule has 0 bridgehead atoms. The van der Waals surface area contributed by atoms with Crippen LogP contribution >= 0.6 is 11.6 Å². The van der Waals surface area contributed by atoms with E-state index in [0.717, 1.165) is 11.6 Å². The van der Waals surface area contributed by atoms with Crippen LogP contribution in [0.15, 0.2) is 30.3 Å². The number of aliphatic hydroxyl groups is 1. The van der Waals surface area contributed by atoms with Crippen LogP contribution in [-0.2, 0) is 12.0 Å². The van der Waals surface area contributed by atoms with Gasteiger partial charge in [-0.15, -0.1) is 0 Å². The highest BCUT2D eigenvalue weighted by Gasteiger charge is 2.38. The molecule has 26 heavy (non-hydrogen) atoms. The number of halogens is 2. The lowest BCUT2D eigenvalue weighted by molar-refractivity contribution is 0.0367. The summed E-state index contributed by atoms with van der Waals surface area (Å²) >= 11 is 5.91. The Bertz CT molecular complexity index is 837. The van der Waals surface area contributed by atoms with Crippen molar-refractivity contribution in [2.75, 3.05) is 20.8 Å². The van der Waals surface area contributed by atoms with Gasteiger partial charge in [-0.3, -0.25) is 4.79 Å². The number of hydrogen-bond acceptors (Lipinski definition) is 4. The number of rotatable bonds is 5. The molecule has 1 unspecified atom stereocenters. The van der Waals surface area contributed by atoms with E-state index in [2.05, 4.69) is 5.32 Å². The monoisotopic (exact) mass is 379 g/mol. The maximum atomic E-state index is 13.9. The largest absolute Gasteiger partial charge is 0.493 e. The van der Waals surface area contributed by atoms with Crippen molar-refractivity contribution in [1.82, 2.24) is 5.32 Å². The van der Waals surface area contributed by atoms with Crippen LogP contribution in [0.5, 0.6) is 11.5 Å². The molecule has 0 saturated heterocycles. The summed E-state index contributed by atoms with van der Waals surface area (Å²) in [5.41, 5.74) is 0.0733. The fourth-order valence-corrected chi connectivity index (χ4v) is 3.50. The Morgan fingerprint density at radius 2 is 2.00 bits per heavy atom. The fraction of sp³-hybridized carbons (Fsp3) is 0.316. The van der Waals surface area contributed by atoms with E-state index in [1.54, 1.807) is 13.2 Å². The zero-order valence-corrected chi connectivity index (χ0v) is 15.2. The first kappa shape index (κ1) is 18.5. The number of aryl methyl sites for hydroxylation is 1. The molecule has 0 aliphatic heterocycles. The number of amides is 1. The average Bonchev–Trinajstić information content (AvgIpc) is 2.95. The standard InChI is InChI=1S/C19H19ClFNO4/c1-25-15-8-11-6-7-19(24,12(11)9-16(15)26-2)10-22-18(23)17-13(20)4-3-5-14(17)21/h3-5,8-9,24H,6-7,10H2,1-2H3,(H,22,23). The predicted molar refractivity (Wildman–Crippen MR) is 95.5 cm³/mol. The van der Waals surface area contributed by atoms with Gasteiger partial charge in [-0.1, -0.05) is 17.7 Å². The first-order valence-electron chi connectivity index (χ1n) is 8.09. The Balaban J connectivity index is 1.83. The van der Waals surface area contributed by atoms with E-state index in [0.29, 0.717) is 29.9 Å². The Morgan fingerprint density at radius 1 is 1.31 bits per heavy atom. The van der Waals surface area contributed by atoms with Crippen LogP contribution in [0.3, 0.4) is 0 Å². The number of nitrogens with one attached hydrogen (secondary N) is 1. The molecule has 1 atom stereocenters. The normalized spacial score (nSPS) is 18.3. The van der Waals surface area contributed by atoms with Gasteiger partial charge in [0.25, 0.3) is 5.91 Å². The van der Waals surface area contributed by atoms with Crippen LogP contribution in [0.1, 0.15) is 27.9 Å². The first-order valence-corrected chi connectivity index (χ1v) is 8.47. The molecule has 1 aliphatic rings. The maximum absolute atomic E-state index is 13.9. The number of benzene rings is 2. The summed E-state index contributed by atoms with van der Waals surface area (Å²) in [7, 11) is 3.06. The zero-order chi connectivity index (χ0) is 18.9. The average molecular weight is 380 g/mol. The molecule has 0 aromatic heterocycles. The molecule has 1 amide bonds. The third kappa shape index (κ3) is 3.22. The lowest BCUT2D eigenvalue weighted by atomic mass is 9.95. The third-order valence-electron chi connectivity index (χ3n) is 4.65. The number of carbonyl (C=O) groups is 1. The highest BCUT2D eigenvalue weighted by atomic mass is 35.5. The molecule has 0 heterocycles. The van der Waals surface area contributed by atoms with Crippen LogP contribution in [0.4, 0.5) is 4.39 Å². The summed E-state index contributed by atoms with van der Waals surface area (Å²) in [6.07, 6.45) is 1.05. The molecule has 0 spiro atoms. The minimum absolute atomic E-state index is 0.0210. The first-order chi connectivity index (χ1) is 12.4. The summed E-state index contributed by atoms with van der Waals surface area (Å²) in [5, 5.41) is 13.6. The van der Waals surface area contributed by atoms with E-state index in [-0.39, 0.29) is 17.1 Å². The molecule has 2 aromatic carbocycles. The number of ether oxygens (including phenoxy) is 2. The molecule has 1 aliphatic carbocycles. The van der Waals surface area contributed by atoms with E-state index in [4.69, 9.17) is 21.1 Å². The van der Waals surface area contributed by atoms with Crippen LogP contribution in [0.2, 0.25) is 5.02 Å². The van der Waals surface area contributed by atoms with Crippen molar-refractivity contribution >= 4 is 17.5 Å². The molecular weight excluding hydrogens is 361 g/mol. The van der Waals surface area contributed by atoms with Crippen LogP contribution in [0, 0.1) is 5.82 Å². The lowest BCUT2D eigenvalue weighted by Crippen LogP contribution is -2.39. The van der Waals surface area contributed by atoms with Gasteiger partial charge in [-0.25, -0.2) is 4.39 Å². The number of methoxy groups -OCH3 is 2. The van der Waals surface area contributed by atoms with Gasteiger partial charge in [0.2, 0.25) is 0 Å². The Kier molecular flexibility index (Phi) is 5.07. The van der Waals surface area contributed by atoms with Crippen molar-refractivity contribution in [3.05, 3.63) is 57.9 Å². The summed E-state index contributed by atoms with van der Waals surface area (Å²) in [5.74, 6) is -0.302. The second-order valence-electron chi connectivity index (χ2n) is 6.18. The topological polar surface area (TPSA) is 67.8 Å². The highest BCUT2D eigenvalue weighted by molar-refractivity contribution is 6.33. The summed E-state index contributed by atoms with van der Waals surface area (Å²) in [6, 6.07) is 7.56. The molecule has 2 N–H and O–H groups in total. The second-order valence-corrected chi connectivity index (χ2v) is 6.58. The quantitative estimate of drug-likeness (QED) is 0.837. The Morgan fingerprint density at radius 3 is 2.65 bits per heavy atom. The maximum Gasteiger partial charge on any atom is 0.255 e. The molecule has 5 nitrogen and oxygen atoms in total. The molecule has 3 rings (SSSR count). The molecule has 7 heteroatoms. The van der Waals surface area contributed by atoms with E-state index in [1.165, 1.54) is 19.2 Å². The van der Waals surface area contributed by atoms with Gasteiger partial charge in [0.15, 0.2) is 11.5 Å². The van der Waals surface area contributed by atoms with Gasteiger partial charge < -0.3 is 19.9 Å². The van der Waals surface area contributed by atoms with Crippen LogP contribution in [-0.4, -0.2) is 31.8 Å². The summed E-state index contributed by atoms with van der Waals surface area (Å²) in [6.45, 7) is -0.0705. The van der Waals surface area contributed by atoms with Gasteiger partial charge in [0.05, 0.1) is 31.4 Å². The van der Waals surface area contributed by atoms with Crippen molar-refractivity contribution in [1.29, 1.82) is 0 Å². The van der Waals surface area contributed by atoms with Gasteiger partial charge in [0.1, 0.15) is 11.4 Å². The van der Waals surface area contributed by atoms with Crippen molar-refractivity contribution < 1.29 is 23.8 Å². The van der Waals surface area contributed by atoms with Crippen molar-refractivity contribution in [3.63, 3.8) is 0 Å². The Hall–Kier alpha value is -2.31.